The predicted molar refractivity (Wildman–Crippen MR) is 133 cm³/mol. The third-order valence-corrected chi connectivity index (χ3v) is 7.75. The molecule has 0 aliphatic heterocycles. The Morgan fingerprint density at radius 1 is 0.912 bits per heavy atom. The summed E-state index contributed by atoms with van der Waals surface area (Å²) in [4.78, 5) is 2.92. The Labute approximate surface area is 199 Å². The van der Waals surface area contributed by atoms with E-state index in [2.05, 4.69) is 50.0 Å². The van der Waals surface area contributed by atoms with Gasteiger partial charge in [0.1, 0.15) is 10.6 Å². The van der Waals surface area contributed by atoms with Crippen LogP contribution in [0.5, 0.6) is 11.5 Å². The molecule has 0 saturated carbocycles. The van der Waals surface area contributed by atoms with E-state index in [-0.39, 0.29) is 38.3 Å². The summed E-state index contributed by atoms with van der Waals surface area (Å²) in [5, 5.41) is 19.8. The molecule has 0 heterocycles. The summed E-state index contributed by atoms with van der Waals surface area (Å²) in [6.45, 7) is 6.34. The molecule has 1 unspecified atom stereocenters. The molecular formula is C27H25N2O4S+. The molecule has 172 valence electrons. The first-order valence-corrected chi connectivity index (χ1v) is 12.3. The number of benzene rings is 4. The largest absolute Gasteiger partial charge is 0.501 e. The molecule has 4 aromatic rings. The average Bonchev–Trinajstić information content (AvgIpc) is 2.84. The number of phenolic OH excluding ortho intramolecular Hbond substituents is 1. The fourth-order valence-electron chi connectivity index (χ4n) is 4.15. The van der Waals surface area contributed by atoms with Gasteiger partial charge in [0.15, 0.2) is 4.98 Å². The summed E-state index contributed by atoms with van der Waals surface area (Å²) in [7, 11) is -4.19. The van der Waals surface area contributed by atoms with Crippen molar-refractivity contribution in [3.05, 3.63) is 101 Å². The highest BCUT2D eigenvalue weighted by atomic mass is 32.2. The average molecular weight is 474 g/mol. The van der Waals surface area contributed by atoms with Gasteiger partial charge in [0.25, 0.3) is 0 Å². The van der Waals surface area contributed by atoms with Gasteiger partial charge in [0.2, 0.25) is 11.1 Å². The van der Waals surface area contributed by atoms with Gasteiger partial charge in [-0.3, -0.25) is 0 Å². The number of hydrogen-bond acceptors (Lipinski definition) is 5. The van der Waals surface area contributed by atoms with Gasteiger partial charge in [-0.2, -0.15) is 8.42 Å². The lowest BCUT2D eigenvalue weighted by Crippen LogP contribution is -2.22. The molecule has 4 rings (SSSR count). The van der Waals surface area contributed by atoms with Crippen LogP contribution in [0, 0.1) is 12.3 Å². The highest BCUT2D eigenvalue weighted by Crippen LogP contribution is 2.39. The monoisotopic (exact) mass is 473 g/mol. The van der Waals surface area contributed by atoms with Crippen LogP contribution >= 0.6 is 0 Å². The first-order valence-electron chi connectivity index (χ1n) is 10.9. The zero-order valence-corrected chi connectivity index (χ0v) is 20.0. The molecule has 1 N–H and O–H groups in total. The van der Waals surface area contributed by atoms with Crippen molar-refractivity contribution >= 4 is 26.6 Å². The first-order chi connectivity index (χ1) is 16.2. The second-order valence-electron chi connectivity index (χ2n) is 8.50. The fraction of sp³-hybridized carbons (Fsp3) is 0.185. The molecule has 0 radical (unpaired) electrons. The smallest absolute Gasteiger partial charge is 0.426 e. The summed E-state index contributed by atoms with van der Waals surface area (Å²) in [5.41, 5.74) is 3.16. The quantitative estimate of drug-likeness (QED) is 0.245. The van der Waals surface area contributed by atoms with Crippen LogP contribution in [-0.4, -0.2) is 13.5 Å². The summed E-state index contributed by atoms with van der Waals surface area (Å²) >= 11 is 0. The van der Waals surface area contributed by atoms with E-state index in [1.165, 1.54) is 35.4 Å². The van der Waals surface area contributed by atoms with Crippen LogP contribution in [0.2, 0.25) is 0 Å². The van der Waals surface area contributed by atoms with Crippen molar-refractivity contribution in [1.82, 2.24) is 0 Å². The van der Waals surface area contributed by atoms with E-state index in [0.29, 0.717) is 0 Å². The minimum Gasteiger partial charge on any atom is -0.501 e. The predicted octanol–water partition coefficient (Wildman–Crippen LogP) is 6.82. The third kappa shape index (κ3) is 4.09. The number of fused-ring (bicyclic) bond motifs is 1. The van der Waals surface area contributed by atoms with Gasteiger partial charge in [0.05, 0.1) is 0 Å². The van der Waals surface area contributed by atoms with Crippen LogP contribution in [0.1, 0.15) is 37.0 Å². The van der Waals surface area contributed by atoms with E-state index in [0.717, 1.165) is 12.0 Å². The molecule has 1 atom stereocenters. The summed E-state index contributed by atoms with van der Waals surface area (Å²) in [6.07, 6.45) is 0.871. The van der Waals surface area contributed by atoms with Crippen molar-refractivity contribution in [3.63, 3.8) is 0 Å². The number of rotatable bonds is 6. The van der Waals surface area contributed by atoms with Gasteiger partial charge in [-0.1, -0.05) is 67.9 Å². The van der Waals surface area contributed by atoms with Gasteiger partial charge >= 0.3 is 15.8 Å². The number of aryl methyl sites for hydroxylation is 1. The standard InChI is InChI=1S/C27H24N2O4S/c1-4-27(3,19-10-8-18(2)9-11-19)20-12-14-21(15-13-20)33-34(31,32)25-7-5-6-23-22(25)16-17-24(29-28)26(23)30/h5-17H,4H2,1-3H3/p+1. The van der Waals surface area contributed by atoms with Gasteiger partial charge in [0, 0.05) is 22.3 Å². The highest BCUT2D eigenvalue weighted by Gasteiger charge is 2.28. The van der Waals surface area contributed by atoms with Crippen molar-refractivity contribution in [1.29, 1.82) is 5.39 Å². The molecule has 0 aliphatic rings. The number of nitrogens with zero attached hydrogens (tertiary/aromatic N) is 2. The van der Waals surface area contributed by atoms with Crippen LogP contribution in [0.3, 0.4) is 0 Å². The molecular weight excluding hydrogens is 448 g/mol. The topological polar surface area (TPSA) is 91.8 Å². The highest BCUT2D eigenvalue weighted by molar-refractivity contribution is 7.87. The Bertz CT molecular complexity index is 1510. The third-order valence-electron chi connectivity index (χ3n) is 6.44. The minimum absolute atomic E-state index is 0.0499. The lowest BCUT2D eigenvalue weighted by atomic mass is 9.74. The van der Waals surface area contributed by atoms with Crippen LogP contribution in [0.25, 0.3) is 15.7 Å². The fourth-order valence-corrected chi connectivity index (χ4v) is 5.29. The Hall–Kier alpha value is -3.89. The summed E-state index contributed by atoms with van der Waals surface area (Å²) in [5.74, 6) is -0.120. The number of phenols is 1. The van der Waals surface area contributed by atoms with Crippen LogP contribution in [0.15, 0.2) is 83.8 Å². The second-order valence-corrected chi connectivity index (χ2v) is 10.0. The van der Waals surface area contributed by atoms with Crippen molar-refractivity contribution in [2.75, 3.05) is 0 Å². The van der Waals surface area contributed by atoms with Gasteiger partial charge in [-0.05, 0) is 48.7 Å². The van der Waals surface area contributed by atoms with Crippen LogP contribution in [-0.2, 0) is 15.5 Å². The zero-order chi connectivity index (χ0) is 24.5. The van der Waals surface area contributed by atoms with Crippen LogP contribution < -0.4 is 4.18 Å². The van der Waals surface area contributed by atoms with Crippen LogP contribution in [0.4, 0.5) is 5.69 Å². The minimum atomic E-state index is -4.19. The second kappa shape index (κ2) is 8.81. The maximum atomic E-state index is 13.1. The Morgan fingerprint density at radius 2 is 1.53 bits per heavy atom. The Balaban J connectivity index is 1.67. The molecule has 0 bridgehead atoms. The molecule has 0 spiro atoms. The number of aromatic hydroxyl groups is 1. The molecule has 7 heteroatoms. The molecule has 4 aromatic carbocycles. The lowest BCUT2D eigenvalue weighted by Gasteiger charge is -2.30. The van der Waals surface area contributed by atoms with Gasteiger partial charge in [-0.25, -0.2) is 0 Å². The van der Waals surface area contributed by atoms with Crippen molar-refractivity contribution in [2.24, 2.45) is 0 Å². The van der Waals surface area contributed by atoms with E-state index in [4.69, 9.17) is 9.58 Å². The maximum Gasteiger partial charge on any atom is 0.426 e. The number of diazo groups is 1. The van der Waals surface area contributed by atoms with Gasteiger partial charge in [-0.15, -0.1) is 0 Å². The molecule has 0 aromatic heterocycles. The molecule has 34 heavy (non-hydrogen) atoms. The van der Waals surface area contributed by atoms with E-state index in [1.54, 1.807) is 18.2 Å². The molecule has 0 aliphatic carbocycles. The van der Waals surface area contributed by atoms with Gasteiger partial charge < -0.3 is 9.29 Å². The van der Waals surface area contributed by atoms with Crippen molar-refractivity contribution < 1.29 is 17.7 Å². The Kier molecular flexibility index (Phi) is 6.03. The molecule has 0 fully saturated rings. The lowest BCUT2D eigenvalue weighted by molar-refractivity contribution is 0.484. The molecule has 0 saturated heterocycles. The normalized spacial score (nSPS) is 13.2. The van der Waals surface area contributed by atoms with E-state index >= 15 is 0 Å². The van der Waals surface area contributed by atoms with E-state index < -0.39 is 10.1 Å². The van der Waals surface area contributed by atoms with E-state index in [1.807, 2.05) is 12.1 Å². The molecule has 6 nitrogen and oxygen atoms in total. The Morgan fingerprint density at radius 3 is 2.12 bits per heavy atom. The summed E-state index contributed by atoms with van der Waals surface area (Å²) < 4.78 is 31.6. The van der Waals surface area contributed by atoms with Crippen molar-refractivity contribution in [2.45, 2.75) is 37.5 Å². The SMILES string of the molecule is CCC(C)(c1ccc(C)cc1)c1ccc(OS(=O)(=O)c2cccc3c(O)c([N+]#N)ccc23)cc1. The first kappa shape index (κ1) is 23.3. The zero-order valence-electron chi connectivity index (χ0n) is 19.2. The maximum absolute atomic E-state index is 13.1. The molecule has 0 amide bonds. The summed E-state index contributed by atoms with van der Waals surface area (Å²) in [6, 6.07) is 22.8. The number of hydrogen-bond donors (Lipinski definition) is 1. The van der Waals surface area contributed by atoms with Crippen molar-refractivity contribution in [3.8, 4) is 11.5 Å². The van der Waals surface area contributed by atoms with E-state index in [9.17, 15) is 13.5 Å².